The van der Waals surface area contributed by atoms with Crippen molar-refractivity contribution in [3.05, 3.63) is 140 Å². The summed E-state index contributed by atoms with van der Waals surface area (Å²) in [7, 11) is 0. The molecular weight excluding hydrogens is 486 g/mol. The smallest absolute Gasteiger partial charge is 0.138 e. The Kier molecular flexibility index (Phi) is 4.33. The highest BCUT2D eigenvalue weighted by molar-refractivity contribution is 6.22. The van der Waals surface area contributed by atoms with Crippen LogP contribution in [0.2, 0.25) is 0 Å². The van der Waals surface area contributed by atoms with Crippen molar-refractivity contribution >= 4 is 59.9 Å². The van der Waals surface area contributed by atoms with Gasteiger partial charge in [0.05, 0.1) is 33.3 Å². The Balaban J connectivity index is 1.45. The van der Waals surface area contributed by atoms with E-state index in [9.17, 15) is 0 Å². The Morgan fingerprint density at radius 2 is 1.07 bits per heavy atom. The minimum atomic E-state index is 0.922. The van der Waals surface area contributed by atoms with Crippen molar-refractivity contribution in [2.45, 2.75) is 0 Å². The molecule has 0 unspecified atom stereocenters. The van der Waals surface area contributed by atoms with Crippen LogP contribution in [0.1, 0.15) is 0 Å². The summed E-state index contributed by atoms with van der Waals surface area (Å²) >= 11 is 0. The van der Waals surface area contributed by atoms with Gasteiger partial charge < -0.3 is 4.40 Å². The lowest BCUT2D eigenvalue weighted by molar-refractivity contribution is 1.08. The van der Waals surface area contributed by atoms with E-state index in [1.807, 2.05) is 6.07 Å². The maximum Gasteiger partial charge on any atom is 0.138 e. The quantitative estimate of drug-likeness (QED) is 0.213. The third-order valence-electron chi connectivity index (χ3n) is 8.27. The summed E-state index contributed by atoms with van der Waals surface area (Å²) in [6.07, 6.45) is 0. The molecule has 0 saturated carbocycles. The first kappa shape index (κ1) is 21.5. The van der Waals surface area contributed by atoms with Gasteiger partial charge in [-0.1, -0.05) is 91.0 Å². The summed E-state index contributed by atoms with van der Waals surface area (Å²) < 4.78 is 4.74. The SMILES string of the molecule is c1ccc(-c2cccc(-n3c4ccccc4c4cc5c(cc43)c3ccccc3n3c4ccccc4cc53)n2)cc1. The molecule has 9 rings (SSSR count). The molecule has 0 atom stereocenters. The lowest BCUT2D eigenvalue weighted by Crippen LogP contribution is -1.98. The number of aromatic nitrogens is 3. The van der Waals surface area contributed by atoms with Crippen LogP contribution >= 0.6 is 0 Å². The highest BCUT2D eigenvalue weighted by Crippen LogP contribution is 2.40. The van der Waals surface area contributed by atoms with E-state index in [1.165, 1.54) is 48.9 Å². The van der Waals surface area contributed by atoms with E-state index in [-0.39, 0.29) is 0 Å². The van der Waals surface area contributed by atoms with Crippen LogP contribution in [-0.4, -0.2) is 14.0 Å². The van der Waals surface area contributed by atoms with Gasteiger partial charge in [0, 0.05) is 32.5 Å². The summed E-state index contributed by atoms with van der Waals surface area (Å²) in [5.41, 5.74) is 8.10. The normalized spacial score (nSPS) is 12.0. The molecule has 0 radical (unpaired) electrons. The molecule has 9 aromatic rings. The Bertz CT molecular complexity index is 2430. The lowest BCUT2D eigenvalue weighted by Gasteiger charge is -2.12. The highest BCUT2D eigenvalue weighted by Gasteiger charge is 2.18. The molecule has 0 N–H and O–H groups in total. The number of rotatable bonds is 2. The maximum atomic E-state index is 5.17. The van der Waals surface area contributed by atoms with Gasteiger partial charge in [0.2, 0.25) is 0 Å². The van der Waals surface area contributed by atoms with Crippen molar-refractivity contribution in [3.8, 4) is 17.1 Å². The number of nitrogens with zero attached hydrogens (tertiary/aromatic N) is 3. The number of hydrogen-bond acceptors (Lipinski definition) is 1. The van der Waals surface area contributed by atoms with Gasteiger partial charge in [-0.15, -0.1) is 0 Å². The van der Waals surface area contributed by atoms with Crippen LogP contribution in [0, 0.1) is 0 Å². The molecule has 0 aliphatic heterocycles. The Hall–Kier alpha value is -5.41. The molecule has 4 aromatic heterocycles. The van der Waals surface area contributed by atoms with Crippen molar-refractivity contribution in [2.75, 3.05) is 0 Å². The van der Waals surface area contributed by atoms with E-state index in [2.05, 4.69) is 142 Å². The van der Waals surface area contributed by atoms with Gasteiger partial charge in [0.25, 0.3) is 0 Å². The lowest BCUT2D eigenvalue weighted by atomic mass is 10.0. The fraction of sp³-hybridized carbons (Fsp3) is 0. The molecule has 0 fully saturated rings. The Morgan fingerprint density at radius 3 is 1.93 bits per heavy atom. The number of pyridine rings is 2. The molecule has 186 valence electrons. The minimum absolute atomic E-state index is 0.922. The maximum absolute atomic E-state index is 5.17. The van der Waals surface area contributed by atoms with E-state index in [4.69, 9.17) is 4.98 Å². The van der Waals surface area contributed by atoms with Gasteiger partial charge >= 0.3 is 0 Å². The topological polar surface area (TPSA) is 22.2 Å². The fourth-order valence-corrected chi connectivity index (χ4v) is 6.52. The van der Waals surface area contributed by atoms with Crippen LogP contribution < -0.4 is 0 Å². The minimum Gasteiger partial charge on any atom is -0.309 e. The van der Waals surface area contributed by atoms with Gasteiger partial charge in [-0.25, -0.2) is 4.98 Å². The molecule has 0 aliphatic carbocycles. The van der Waals surface area contributed by atoms with Crippen LogP contribution in [0.25, 0.3) is 77.0 Å². The molecule has 0 saturated heterocycles. The average Bonchev–Trinajstić information content (AvgIpc) is 3.57. The van der Waals surface area contributed by atoms with Gasteiger partial charge in [-0.2, -0.15) is 0 Å². The van der Waals surface area contributed by atoms with Crippen LogP contribution in [0.15, 0.2) is 140 Å². The Labute approximate surface area is 230 Å². The first-order chi connectivity index (χ1) is 19.8. The molecule has 5 aromatic carbocycles. The zero-order valence-corrected chi connectivity index (χ0v) is 21.6. The molecule has 0 bridgehead atoms. The van der Waals surface area contributed by atoms with Crippen LogP contribution in [-0.2, 0) is 0 Å². The van der Waals surface area contributed by atoms with Crippen molar-refractivity contribution in [1.29, 1.82) is 0 Å². The summed E-state index contributed by atoms with van der Waals surface area (Å²) in [4.78, 5) is 5.17. The predicted molar refractivity (Wildman–Crippen MR) is 167 cm³/mol. The van der Waals surface area contributed by atoms with Crippen LogP contribution in [0.4, 0.5) is 0 Å². The first-order valence-corrected chi connectivity index (χ1v) is 13.7. The zero-order valence-electron chi connectivity index (χ0n) is 21.6. The molecule has 3 nitrogen and oxygen atoms in total. The third-order valence-corrected chi connectivity index (χ3v) is 8.27. The molecule has 3 heteroatoms. The van der Waals surface area contributed by atoms with E-state index in [0.29, 0.717) is 0 Å². The molecule has 40 heavy (non-hydrogen) atoms. The van der Waals surface area contributed by atoms with Crippen molar-refractivity contribution in [2.24, 2.45) is 0 Å². The van der Waals surface area contributed by atoms with E-state index in [0.717, 1.165) is 28.1 Å². The number of hydrogen-bond donors (Lipinski definition) is 0. The molecule has 0 amide bonds. The van der Waals surface area contributed by atoms with Crippen LogP contribution in [0.5, 0.6) is 0 Å². The molecule has 0 aliphatic rings. The van der Waals surface area contributed by atoms with E-state index < -0.39 is 0 Å². The van der Waals surface area contributed by atoms with Gasteiger partial charge in [0.15, 0.2) is 0 Å². The van der Waals surface area contributed by atoms with Crippen LogP contribution in [0.3, 0.4) is 0 Å². The second kappa shape index (κ2) is 8.05. The fourth-order valence-electron chi connectivity index (χ4n) is 6.52. The molecule has 4 heterocycles. The van der Waals surface area contributed by atoms with Gasteiger partial charge in [0.1, 0.15) is 5.82 Å². The summed E-state index contributed by atoms with van der Waals surface area (Å²) in [6.45, 7) is 0. The summed E-state index contributed by atoms with van der Waals surface area (Å²) in [5, 5.41) is 7.48. The highest BCUT2D eigenvalue weighted by atomic mass is 15.1. The van der Waals surface area contributed by atoms with E-state index in [1.54, 1.807) is 0 Å². The number of para-hydroxylation sites is 3. The largest absolute Gasteiger partial charge is 0.309 e. The molecular formula is C37H23N3. The molecule has 0 spiro atoms. The van der Waals surface area contributed by atoms with Crippen molar-refractivity contribution in [1.82, 2.24) is 14.0 Å². The zero-order chi connectivity index (χ0) is 26.2. The van der Waals surface area contributed by atoms with Gasteiger partial charge in [-0.3, -0.25) is 4.57 Å². The Morgan fingerprint density at radius 1 is 0.400 bits per heavy atom. The van der Waals surface area contributed by atoms with Crippen molar-refractivity contribution < 1.29 is 0 Å². The summed E-state index contributed by atoms with van der Waals surface area (Å²) in [6, 6.07) is 49.9. The van der Waals surface area contributed by atoms with Crippen molar-refractivity contribution in [3.63, 3.8) is 0 Å². The second-order valence-corrected chi connectivity index (χ2v) is 10.5. The first-order valence-electron chi connectivity index (χ1n) is 13.7. The average molecular weight is 510 g/mol. The summed E-state index contributed by atoms with van der Waals surface area (Å²) in [5.74, 6) is 0.922. The number of benzene rings is 5. The van der Waals surface area contributed by atoms with E-state index >= 15 is 0 Å². The second-order valence-electron chi connectivity index (χ2n) is 10.5. The van der Waals surface area contributed by atoms with Gasteiger partial charge in [-0.05, 0) is 53.9 Å². The standard InChI is InChI=1S/C37H23N3/c1-2-11-24(12-3-1)31-16-10-20-37(38-31)40-34-19-9-6-15-27(34)29-22-30-28(23-36(29)40)26-14-5-8-18-33(26)39-32-17-7-4-13-25(32)21-35(30)39/h1-23H. The number of fused-ring (bicyclic) bond motifs is 11. The monoisotopic (exact) mass is 509 g/mol. The third kappa shape index (κ3) is 2.92. The predicted octanol–water partition coefficient (Wildman–Crippen LogP) is 9.56.